The zero-order valence-corrected chi connectivity index (χ0v) is 23.7. The first-order valence-corrected chi connectivity index (χ1v) is 13.7. The van der Waals surface area contributed by atoms with Gasteiger partial charge in [0, 0.05) is 31.2 Å². The van der Waals surface area contributed by atoms with Crippen LogP contribution in [-0.4, -0.2) is 47.5 Å². The van der Waals surface area contributed by atoms with Crippen LogP contribution in [0.1, 0.15) is 89.3 Å². The molecule has 1 fully saturated rings. The predicted molar refractivity (Wildman–Crippen MR) is 152 cm³/mol. The number of nitrogens with two attached hydrogens (primary N) is 1. The van der Waals surface area contributed by atoms with E-state index in [9.17, 15) is 4.79 Å². The molecule has 2 amide bonds. The van der Waals surface area contributed by atoms with E-state index in [0.29, 0.717) is 36.2 Å². The number of fused-ring (bicyclic) bond motifs is 1. The summed E-state index contributed by atoms with van der Waals surface area (Å²) >= 11 is 0. The molecule has 1 saturated carbocycles. The molecule has 1 aliphatic carbocycles. The molecule has 0 saturated heterocycles. The third kappa shape index (κ3) is 9.13. The van der Waals surface area contributed by atoms with Crippen molar-refractivity contribution in [2.45, 2.75) is 85.5 Å². The number of aromatic nitrogens is 6. The molecular weight excluding hydrogens is 496 g/mol. The number of nitrogens with zero attached hydrogens (tertiary/aromatic N) is 6. The fraction of sp³-hybridized carbons (Fsp3) is 0.500. The molecule has 0 bridgehead atoms. The van der Waals surface area contributed by atoms with Crippen LogP contribution < -0.4 is 11.1 Å². The Kier molecular flexibility index (Phi) is 13.6. The molecule has 11 heteroatoms. The number of anilines is 1. The first-order valence-electron chi connectivity index (χ1n) is 13.7. The van der Waals surface area contributed by atoms with Gasteiger partial charge in [-0.25, -0.2) is 14.3 Å². The maximum atomic E-state index is 11.1. The van der Waals surface area contributed by atoms with E-state index in [1.165, 1.54) is 19.3 Å². The van der Waals surface area contributed by atoms with Gasteiger partial charge in [-0.3, -0.25) is 4.98 Å². The topological polar surface area (TPSA) is 157 Å². The Morgan fingerprint density at radius 2 is 1.90 bits per heavy atom. The summed E-state index contributed by atoms with van der Waals surface area (Å²) in [6.45, 7) is 10.3. The number of urea groups is 1. The smallest absolute Gasteiger partial charge is 0.316 e. The monoisotopic (exact) mass is 538 g/mol. The SMILES string of the molecule is CC.CCC.Cc1cccnc1-c1noc(CCCO)n1.NC(=O)Nc1cnc2ccnn2c1C1CCCC1. The number of amides is 2. The van der Waals surface area contributed by atoms with E-state index >= 15 is 0 Å². The van der Waals surface area contributed by atoms with Gasteiger partial charge in [-0.2, -0.15) is 10.1 Å². The minimum Gasteiger partial charge on any atom is -0.396 e. The highest BCUT2D eigenvalue weighted by atomic mass is 16.5. The summed E-state index contributed by atoms with van der Waals surface area (Å²) < 4.78 is 6.87. The van der Waals surface area contributed by atoms with E-state index in [1.807, 2.05) is 39.0 Å². The molecule has 0 atom stereocenters. The molecule has 1 aliphatic rings. The van der Waals surface area contributed by atoms with Gasteiger partial charge in [0.2, 0.25) is 11.7 Å². The Hall–Kier alpha value is -3.86. The quantitative estimate of drug-likeness (QED) is 0.283. The number of primary amides is 1. The number of carbonyl (C=O) groups is 1. The molecule has 0 aliphatic heterocycles. The molecule has 4 N–H and O–H groups in total. The minimum atomic E-state index is -0.567. The van der Waals surface area contributed by atoms with Crippen molar-refractivity contribution in [1.29, 1.82) is 0 Å². The lowest BCUT2D eigenvalue weighted by Crippen LogP contribution is -2.22. The van der Waals surface area contributed by atoms with Gasteiger partial charge in [-0.05, 0) is 37.8 Å². The molecule has 11 nitrogen and oxygen atoms in total. The van der Waals surface area contributed by atoms with Gasteiger partial charge in [0.1, 0.15) is 5.69 Å². The van der Waals surface area contributed by atoms with Crippen molar-refractivity contribution in [2.75, 3.05) is 11.9 Å². The first-order chi connectivity index (χ1) is 19.0. The zero-order valence-electron chi connectivity index (χ0n) is 23.7. The molecule has 0 aromatic carbocycles. The third-order valence-corrected chi connectivity index (χ3v) is 5.69. The largest absolute Gasteiger partial charge is 0.396 e. The van der Waals surface area contributed by atoms with Crippen LogP contribution in [0.2, 0.25) is 0 Å². The fourth-order valence-electron chi connectivity index (χ4n) is 4.11. The van der Waals surface area contributed by atoms with Crippen LogP contribution in [0, 0.1) is 6.92 Å². The van der Waals surface area contributed by atoms with Gasteiger partial charge in [0.15, 0.2) is 5.65 Å². The van der Waals surface area contributed by atoms with E-state index in [0.717, 1.165) is 35.4 Å². The summed E-state index contributed by atoms with van der Waals surface area (Å²) in [4.78, 5) is 23.8. The zero-order chi connectivity index (χ0) is 28.6. The average molecular weight is 539 g/mol. The number of carbonyl (C=O) groups excluding carboxylic acids is 1. The van der Waals surface area contributed by atoms with E-state index in [-0.39, 0.29) is 6.61 Å². The van der Waals surface area contributed by atoms with Crippen molar-refractivity contribution in [3.63, 3.8) is 0 Å². The highest BCUT2D eigenvalue weighted by molar-refractivity contribution is 5.88. The van der Waals surface area contributed by atoms with Crippen molar-refractivity contribution < 1.29 is 14.4 Å². The summed E-state index contributed by atoms with van der Waals surface area (Å²) in [5.41, 5.74) is 9.44. The molecule has 5 rings (SSSR count). The van der Waals surface area contributed by atoms with Crippen molar-refractivity contribution in [3.8, 4) is 11.5 Å². The highest BCUT2D eigenvalue weighted by Crippen LogP contribution is 2.37. The lowest BCUT2D eigenvalue weighted by atomic mass is 10.0. The van der Waals surface area contributed by atoms with Gasteiger partial charge < -0.3 is 20.7 Å². The Balaban J connectivity index is 0.000000237. The number of pyridine rings is 1. The molecule has 4 heterocycles. The number of aliphatic hydroxyl groups excluding tert-OH is 1. The Labute approximate surface area is 230 Å². The summed E-state index contributed by atoms with van der Waals surface area (Å²) in [5, 5.41) is 19.5. The number of hydrogen-bond acceptors (Lipinski definition) is 8. The van der Waals surface area contributed by atoms with E-state index < -0.39 is 6.03 Å². The highest BCUT2D eigenvalue weighted by Gasteiger charge is 2.24. The van der Waals surface area contributed by atoms with Crippen LogP contribution >= 0.6 is 0 Å². The van der Waals surface area contributed by atoms with Gasteiger partial charge in [0.05, 0.1) is 23.8 Å². The van der Waals surface area contributed by atoms with Gasteiger partial charge in [0.25, 0.3) is 0 Å². The second-order valence-corrected chi connectivity index (χ2v) is 8.84. The molecule has 39 heavy (non-hydrogen) atoms. The molecular formula is C28H42N8O3. The van der Waals surface area contributed by atoms with Crippen molar-refractivity contribution in [3.05, 3.63) is 53.9 Å². The minimum absolute atomic E-state index is 0.125. The van der Waals surface area contributed by atoms with Crippen molar-refractivity contribution >= 4 is 17.4 Å². The van der Waals surface area contributed by atoms with Crippen LogP contribution in [0.4, 0.5) is 10.5 Å². The van der Waals surface area contributed by atoms with Gasteiger partial charge in [-0.15, -0.1) is 0 Å². The van der Waals surface area contributed by atoms with E-state index in [2.05, 4.69) is 44.4 Å². The first kappa shape index (κ1) is 31.4. The number of aryl methyl sites for hydroxylation is 2. The Morgan fingerprint density at radius 3 is 2.54 bits per heavy atom. The lowest BCUT2D eigenvalue weighted by Gasteiger charge is -2.16. The molecule has 4 aromatic heterocycles. The molecule has 212 valence electrons. The van der Waals surface area contributed by atoms with Gasteiger partial charge in [-0.1, -0.05) is 58.2 Å². The van der Waals surface area contributed by atoms with E-state index in [1.54, 1.807) is 23.1 Å². The summed E-state index contributed by atoms with van der Waals surface area (Å²) in [5.74, 6) is 1.46. The Morgan fingerprint density at radius 1 is 1.18 bits per heavy atom. The van der Waals surface area contributed by atoms with Crippen LogP contribution in [0.25, 0.3) is 17.2 Å². The second-order valence-electron chi connectivity index (χ2n) is 8.84. The van der Waals surface area contributed by atoms with Crippen LogP contribution in [0.15, 0.2) is 41.3 Å². The third-order valence-electron chi connectivity index (χ3n) is 5.69. The summed E-state index contributed by atoms with van der Waals surface area (Å²) in [6.07, 6.45) is 12.2. The predicted octanol–water partition coefficient (Wildman–Crippen LogP) is 5.68. The molecule has 4 aromatic rings. The van der Waals surface area contributed by atoms with E-state index in [4.69, 9.17) is 15.4 Å². The number of nitrogens with one attached hydrogen (secondary N) is 1. The van der Waals surface area contributed by atoms with Crippen molar-refractivity contribution in [1.82, 2.24) is 29.7 Å². The standard InChI is InChI=1S/C12H15N5O.C11H13N3O2.C3H8.C2H6/c13-12(18)16-9-7-14-10-5-6-15-17(10)11(9)8-3-1-2-4-8;1-8-4-2-6-12-10(8)11-13-9(16-14-11)5-3-7-15;1-3-2;1-2/h5-8H,1-4H2,(H3,13,16,18);2,4,6,15H,3,5,7H2,1H3;3H2,1-2H3;1-2H3. The molecule has 0 radical (unpaired) electrons. The normalized spacial score (nSPS) is 12.5. The van der Waals surface area contributed by atoms with Gasteiger partial charge >= 0.3 is 6.03 Å². The van der Waals surface area contributed by atoms with Crippen LogP contribution in [-0.2, 0) is 6.42 Å². The fourth-order valence-corrected chi connectivity index (χ4v) is 4.11. The maximum Gasteiger partial charge on any atom is 0.316 e. The second kappa shape index (κ2) is 16.9. The maximum absolute atomic E-state index is 11.1. The van der Waals surface area contributed by atoms with Crippen LogP contribution in [0.5, 0.6) is 0 Å². The summed E-state index contributed by atoms with van der Waals surface area (Å²) in [7, 11) is 0. The van der Waals surface area contributed by atoms with Crippen LogP contribution in [0.3, 0.4) is 0 Å². The molecule has 0 unspecified atom stereocenters. The lowest BCUT2D eigenvalue weighted by molar-refractivity contribution is 0.259. The number of hydrogen-bond donors (Lipinski definition) is 3. The van der Waals surface area contributed by atoms with Crippen molar-refractivity contribution in [2.24, 2.45) is 5.73 Å². The number of aliphatic hydroxyl groups is 1. The Bertz CT molecular complexity index is 1260. The number of rotatable bonds is 6. The summed E-state index contributed by atoms with van der Waals surface area (Å²) in [6, 6.07) is 5.10. The molecule has 0 spiro atoms. The average Bonchev–Trinajstić information content (AvgIpc) is 3.72.